The highest BCUT2D eigenvalue weighted by Crippen LogP contribution is 2.37. The Bertz CT molecular complexity index is 383. The normalized spacial score (nSPS) is 18.1. The minimum atomic E-state index is 0.393. The van der Waals surface area contributed by atoms with Gasteiger partial charge < -0.3 is 15.1 Å². The van der Waals surface area contributed by atoms with Gasteiger partial charge in [0.05, 0.1) is 6.54 Å². The molecule has 0 aliphatic heterocycles. The zero-order valence-corrected chi connectivity index (χ0v) is 12.3. The summed E-state index contributed by atoms with van der Waals surface area (Å²) in [7, 11) is 0. The van der Waals surface area contributed by atoms with Crippen molar-refractivity contribution in [3.63, 3.8) is 0 Å². The summed E-state index contributed by atoms with van der Waals surface area (Å²) in [6, 6.07) is 0.550. The number of aromatic nitrogens is 2. The van der Waals surface area contributed by atoms with E-state index in [9.17, 15) is 0 Å². The molecule has 1 aliphatic rings. The quantitative estimate of drug-likeness (QED) is 0.794. The van der Waals surface area contributed by atoms with Crippen LogP contribution in [0.25, 0.3) is 0 Å². The van der Waals surface area contributed by atoms with Crippen LogP contribution in [0.2, 0.25) is 0 Å². The summed E-state index contributed by atoms with van der Waals surface area (Å²) < 4.78 is 5.57. The van der Waals surface area contributed by atoms with Crippen molar-refractivity contribution in [1.82, 2.24) is 15.5 Å². The first-order valence-electron chi connectivity index (χ1n) is 7.34. The second-order valence-electron chi connectivity index (χ2n) is 6.40. The second-order valence-corrected chi connectivity index (χ2v) is 6.40. The predicted octanol–water partition coefficient (Wildman–Crippen LogP) is 2.81. The maximum absolute atomic E-state index is 5.57. The molecule has 0 bridgehead atoms. The van der Waals surface area contributed by atoms with Crippen molar-refractivity contribution in [2.45, 2.75) is 53.0 Å². The van der Waals surface area contributed by atoms with Crippen molar-refractivity contribution in [2.75, 3.05) is 18.4 Å². The van der Waals surface area contributed by atoms with Gasteiger partial charge in [-0.05, 0) is 30.7 Å². The van der Waals surface area contributed by atoms with Crippen LogP contribution in [0.3, 0.4) is 0 Å². The standard InChI is InChI=1S/C14H26N4O/c1-11(2)8-15-9-12-17-18-13(19-12)16-10-14(3)6-4-5-7-14/h11,15H,4-10H2,1-3H3,(H,16,18). The Labute approximate surface area is 115 Å². The van der Waals surface area contributed by atoms with E-state index in [1.54, 1.807) is 0 Å². The van der Waals surface area contributed by atoms with Crippen molar-refractivity contribution in [2.24, 2.45) is 11.3 Å². The van der Waals surface area contributed by atoms with Crippen LogP contribution in [0, 0.1) is 11.3 Å². The van der Waals surface area contributed by atoms with E-state index in [1.165, 1.54) is 25.7 Å². The fraction of sp³-hybridized carbons (Fsp3) is 0.857. The Morgan fingerprint density at radius 1 is 1.26 bits per heavy atom. The molecule has 0 radical (unpaired) electrons. The summed E-state index contributed by atoms with van der Waals surface area (Å²) in [5.41, 5.74) is 0.393. The molecule has 1 heterocycles. The first kappa shape index (κ1) is 14.3. The molecular formula is C14H26N4O. The summed E-state index contributed by atoms with van der Waals surface area (Å²) in [5.74, 6) is 1.28. The third kappa shape index (κ3) is 4.49. The maximum Gasteiger partial charge on any atom is 0.315 e. The number of rotatable bonds is 7. The minimum Gasteiger partial charge on any atom is -0.407 e. The first-order valence-corrected chi connectivity index (χ1v) is 7.34. The van der Waals surface area contributed by atoms with Gasteiger partial charge in [-0.1, -0.05) is 38.7 Å². The molecule has 108 valence electrons. The van der Waals surface area contributed by atoms with Crippen molar-refractivity contribution in [3.8, 4) is 0 Å². The van der Waals surface area contributed by atoms with E-state index in [1.807, 2.05) is 0 Å². The van der Waals surface area contributed by atoms with Crippen LogP contribution < -0.4 is 10.6 Å². The van der Waals surface area contributed by atoms with E-state index in [0.29, 0.717) is 29.8 Å². The predicted molar refractivity (Wildman–Crippen MR) is 75.9 cm³/mol. The largest absolute Gasteiger partial charge is 0.407 e. The average molecular weight is 266 g/mol. The molecule has 0 aromatic carbocycles. The highest BCUT2D eigenvalue weighted by atomic mass is 16.4. The second kappa shape index (κ2) is 6.37. The van der Waals surface area contributed by atoms with Gasteiger partial charge in [-0.3, -0.25) is 0 Å². The highest BCUT2D eigenvalue weighted by Gasteiger charge is 2.28. The molecule has 5 nitrogen and oxygen atoms in total. The molecule has 2 N–H and O–H groups in total. The van der Waals surface area contributed by atoms with Crippen LogP contribution in [-0.2, 0) is 6.54 Å². The van der Waals surface area contributed by atoms with Gasteiger partial charge in [0.15, 0.2) is 0 Å². The van der Waals surface area contributed by atoms with E-state index < -0.39 is 0 Å². The monoisotopic (exact) mass is 266 g/mol. The molecule has 0 spiro atoms. The lowest BCUT2D eigenvalue weighted by Gasteiger charge is -2.22. The average Bonchev–Trinajstić information content (AvgIpc) is 2.96. The Morgan fingerprint density at radius 3 is 2.68 bits per heavy atom. The smallest absolute Gasteiger partial charge is 0.315 e. The van der Waals surface area contributed by atoms with Gasteiger partial charge in [-0.2, -0.15) is 0 Å². The molecule has 0 atom stereocenters. The topological polar surface area (TPSA) is 63.0 Å². The summed E-state index contributed by atoms with van der Waals surface area (Å²) in [6.07, 6.45) is 5.26. The zero-order valence-electron chi connectivity index (χ0n) is 12.3. The summed E-state index contributed by atoms with van der Waals surface area (Å²) in [4.78, 5) is 0. The Morgan fingerprint density at radius 2 is 2.00 bits per heavy atom. The minimum absolute atomic E-state index is 0.393. The van der Waals surface area contributed by atoms with Crippen LogP contribution in [0.4, 0.5) is 6.01 Å². The molecule has 1 aliphatic carbocycles. The van der Waals surface area contributed by atoms with E-state index in [0.717, 1.165) is 13.1 Å². The van der Waals surface area contributed by atoms with Crippen molar-refractivity contribution in [1.29, 1.82) is 0 Å². The lowest BCUT2D eigenvalue weighted by atomic mass is 9.89. The van der Waals surface area contributed by atoms with Crippen molar-refractivity contribution >= 4 is 6.01 Å². The van der Waals surface area contributed by atoms with Crippen LogP contribution in [0.5, 0.6) is 0 Å². The Kier molecular flexibility index (Phi) is 4.80. The van der Waals surface area contributed by atoms with E-state index in [-0.39, 0.29) is 0 Å². The number of nitrogens with one attached hydrogen (secondary N) is 2. The molecule has 5 heteroatoms. The van der Waals surface area contributed by atoms with Crippen LogP contribution in [0.15, 0.2) is 4.42 Å². The van der Waals surface area contributed by atoms with Crippen molar-refractivity contribution < 1.29 is 4.42 Å². The zero-order chi connectivity index (χ0) is 13.7. The summed E-state index contributed by atoms with van der Waals surface area (Å²) in [5, 5.41) is 14.7. The fourth-order valence-electron chi connectivity index (χ4n) is 2.56. The SMILES string of the molecule is CC(C)CNCc1nnc(NCC2(C)CCCC2)o1. The molecule has 1 saturated carbocycles. The Hall–Kier alpha value is -1.10. The molecular weight excluding hydrogens is 240 g/mol. The number of hydrogen-bond donors (Lipinski definition) is 2. The van der Waals surface area contributed by atoms with E-state index in [2.05, 4.69) is 41.6 Å². The molecule has 2 rings (SSSR count). The van der Waals surface area contributed by atoms with Gasteiger partial charge in [0.2, 0.25) is 5.89 Å². The number of anilines is 1. The molecule has 1 aromatic heterocycles. The van der Waals surface area contributed by atoms with Gasteiger partial charge >= 0.3 is 6.01 Å². The molecule has 0 saturated heterocycles. The van der Waals surface area contributed by atoms with Gasteiger partial charge in [-0.25, -0.2) is 0 Å². The number of hydrogen-bond acceptors (Lipinski definition) is 5. The third-order valence-corrected chi connectivity index (χ3v) is 3.77. The summed E-state index contributed by atoms with van der Waals surface area (Å²) in [6.45, 7) is 9.21. The van der Waals surface area contributed by atoms with Gasteiger partial charge in [-0.15, -0.1) is 5.10 Å². The molecule has 1 fully saturated rings. The lowest BCUT2D eigenvalue weighted by molar-refractivity contribution is 0.356. The number of nitrogens with zero attached hydrogens (tertiary/aromatic N) is 2. The molecule has 1 aromatic rings. The fourth-order valence-corrected chi connectivity index (χ4v) is 2.56. The van der Waals surface area contributed by atoms with Crippen LogP contribution >= 0.6 is 0 Å². The van der Waals surface area contributed by atoms with E-state index >= 15 is 0 Å². The first-order chi connectivity index (χ1) is 9.07. The maximum atomic E-state index is 5.57. The van der Waals surface area contributed by atoms with Crippen LogP contribution in [-0.4, -0.2) is 23.3 Å². The van der Waals surface area contributed by atoms with Gasteiger partial charge in [0, 0.05) is 6.54 Å². The van der Waals surface area contributed by atoms with Crippen molar-refractivity contribution in [3.05, 3.63) is 5.89 Å². The third-order valence-electron chi connectivity index (χ3n) is 3.77. The van der Waals surface area contributed by atoms with Gasteiger partial charge in [0.1, 0.15) is 0 Å². The molecule has 19 heavy (non-hydrogen) atoms. The highest BCUT2D eigenvalue weighted by molar-refractivity contribution is 5.18. The van der Waals surface area contributed by atoms with E-state index in [4.69, 9.17) is 4.42 Å². The van der Waals surface area contributed by atoms with Gasteiger partial charge in [0.25, 0.3) is 0 Å². The lowest BCUT2D eigenvalue weighted by Crippen LogP contribution is -2.23. The molecule has 0 amide bonds. The summed E-state index contributed by atoms with van der Waals surface area (Å²) >= 11 is 0. The Balaban J connectivity index is 1.74. The molecule has 0 unspecified atom stereocenters. The van der Waals surface area contributed by atoms with Crippen LogP contribution in [0.1, 0.15) is 52.3 Å².